The number of benzene rings is 1. The standard InChI is InChI=1S/C16H17Cl2NO3S/c1-9(2)5-6-19-13(20)8-22-16(21)15-14(18)11-4-3-10(17)7-12(11)23-15/h3-4,7,9H,5-6,8H2,1-2H3,(H,19,20). The fraction of sp³-hybridized carbons (Fsp3) is 0.375. The zero-order chi connectivity index (χ0) is 17.0. The molecule has 0 aliphatic carbocycles. The molecule has 0 saturated carbocycles. The predicted molar refractivity (Wildman–Crippen MR) is 94.6 cm³/mol. The van der Waals surface area contributed by atoms with Crippen LogP contribution in [-0.4, -0.2) is 25.0 Å². The van der Waals surface area contributed by atoms with Gasteiger partial charge in [0.15, 0.2) is 6.61 Å². The van der Waals surface area contributed by atoms with Crippen molar-refractivity contribution < 1.29 is 14.3 Å². The van der Waals surface area contributed by atoms with Gasteiger partial charge in [0, 0.05) is 21.7 Å². The van der Waals surface area contributed by atoms with Crippen LogP contribution in [0.2, 0.25) is 10.0 Å². The number of amides is 1. The second kappa shape index (κ2) is 7.99. The van der Waals surface area contributed by atoms with Gasteiger partial charge in [0.25, 0.3) is 5.91 Å². The topological polar surface area (TPSA) is 55.4 Å². The van der Waals surface area contributed by atoms with Crippen molar-refractivity contribution in [2.75, 3.05) is 13.2 Å². The van der Waals surface area contributed by atoms with E-state index in [9.17, 15) is 9.59 Å². The SMILES string of the molecule is CC(C)CCNC(=O)COC(=O)c1sc2cc(Cl)ccc2c1Cl. The highest BCUT2D eigenvalue weighted by molar-refractivity contribution is 7.21. The summed E-state index contributed by atoms with van der Waals surface area (Å²) in [5.41, 5.74) is 0. The fourth-order valence-corrected chi connectivity index (χ4v) is 3.60. The molecule has 0 radical (unpaired) electrons. The first-order valence-electron chi connectivity index (χ1n) is 7.20. The molecule has 2 rings (SSSR count). The number of carbonyl (C=O) groups is 2. The summed E-state index contributed by atoms with van der Waals surface area (Å²) < 4.78 is 5.83. The van der Waals surface area contributed by atoms with Crippen LogP contribution in [0.1, 0.15) is 29.9 Å². The maximum Gasteiger partial charge on any atom is 0.350 e. The third kappa shape index (κ3) is 4.83. The lowest BCUT2D eigenvalue weighted by Gasteiger charge is -2.07. The summed E-state index contributed by atoms with van der Waals surface area (Å²) in [6.07, 6.45) is 0.878. The van der Waals surface area contributed by atoms with Crippen LogP contribution in [0.4, 0.5) is 0 Å². The van der Waals surface area contributed by atoms with Crippen LogP contribution >= 0.6 is 34.5 Å². The van der Waals surface area contributed by atoms with E-state index in [1.54, 1.807) is 18.2 Å². The summed E-state index contributed by atoms with van der Waals surface area (Å²) in [5.74, 6) is -0.423. The Morgan fingerprint density at radius 3 is 2.74 bits per heavy atom. The van der Waals surface area contributed by atoms with E-state index < -0.39 is 5.97 Å². The Labute approximate surface area is 148 Å². The van der Waals surface area contributed by atoms with Gasteiger partial charge in [-0.25, -0.2) is 4.79 Å². The molecule has 0 bridgehead atoms. The minimum Gasteiger partial charge on any atom is -0.451 e. The molecule has 0 aliphatic rings. The van der Waals surface area contributed by atoms with E-state index in [-0.39, 0.29) is 17.4 Å². The second-order valence-corrected chi connectivity index (χ2v) is 7.36. The molecular weight excluding hydrogens is 357 g/mol. The lowest BCUT2D eigenvalue weighted by molar-refractivity contribution is -0.124. The van der Waals surface area contributed by atoms with Crippen molar-refractivity contribution in [1.29, 1.82) is 0 Å². The number of carbonyl (C=O) groups excluding carboxylic acids is 2. The number of rotatable bonds is 6. The number of nitrogens with one attached hydrogen (secondary N) is 1. The molecule has 0 fully saturated rings. The van der Waals surface area contributed by atoms with E-state index in [1.807, 2.05) is 0 Å². The molecule has 4 nitrogen and oxygen atoms in total. The normalized spacial score (nSPS) is 11.0. The predicted octanol–water partition coefficient (Wildman–Crippen LogP) is 4.53. The minimum atomic E-state index is -0.605. The average Bonchev–Trinajstić information content (AvgIpc) is 2.81. The summed E-state index contributed by atoms with van der Waals surface area (Å²) in [6.45, 7) is 4.39. The average molecular weight is 374 g/mol. The third-order valence-electron chi connectivity index (χ3n) is 3.16. The van der Waals surface area contributed by atoms with Crippen LogP contribution in [-0.2, 0) is 9.53 Å². The molecule has 0 aliphatic heterocycles. The van der Waals surface area contributed by atoms with Crippen LogP contribution in [0.25, 0.3) is 10.1 Å². The Morgan fingerprint density at radius 1 is 1.30 bits per heavy atom. The Balaban J connectivity index is 1.96. The Hall–Kier alpha value is -1.30. The number of hydrogen-bond donors (Lipinski definition) is 1. The fourth-order valence-electron chi connectivity index (χ4n) is 1.92. The van der Waals surface area contributed by atoms with Gasteiger partial charge in [0.2, 0.25) is 0 Å². The van der Waals surface area contributed by atoms with Gasteiger partial charge in [0.1, 0.15) is 4.88 Å². The number of fused-ring (bicyclic) bond motifs is 1. The van der Waals surface area contributed by atoms with E-state index in [1.165, 1.54) is 11.3 Å². The number of hydrogen-bond acceptors (Lipinski definition) is 4. The maximum atomic E-state index is 12.1. The van der Waals surface area contributed by atoms with E-state index in [4.69, 9.17) is 27.9 Å². The molecule has 1 amide bonds. The molecule has 0 spiro atoms. The molecule has 1 aromatic carbocycles. The first-order chi connectivity index (χ1) is 10.9. The molecule has 0 unspecified atom stereocenters. The second-order valence-electron chi connectivity index (χ2n) is 5.49. The molecule has 1 aromatic heterocycles. The summed E-state index contributed by atoms with van der Waals surface area (Å²) in [5, 5.41) is 4.35. The van der Waals surface area contributed by atoms with Gasteiger partial charge in [-0.1, -0.05) is 43.1 Å². The zero-order valence-electron chi connectivity index (χ0n) is 12.8. The van der Waals surface area contributed by atoms with E-state index in [0.717, 1.165) is 16.5 Å². The lowest BCUT2D eigenvalue weighted by atomic mass is 10.1. The summed E-state index contributed by atoms with van der Waals surface area (Å²) in [7, 11) is 0. The lowest BCUT2D eigenvalue weighted by Crippen LogP contribution is -2.30. The highest BCUT2D eigenvalue weighted by Gasteiger charge is 2.19. The van der Waals surface area contributed by atoms with Crippen molar-refractivity contribution in [2.45, 2.75) is 20.3 Å². The van der Waals surface area contributed by atoms with Gasteiger partial charge in [-0.15, -0.1) is 11.3 Å². The van der Waals surface area contributed by atoms with Crippen LogP contribution in [0, 0.1) is 5.92 Å². The highest BCUT2D eigenvalue weighted by atomic mass is 35.5. The maximum absolute atomic E-state index is 12.1. The number of thiophene rings is 1. The van der Waals surface area contributed by atoms with Crippen LogP contribution in [0.5, 0.6) is 0 Å². The van der Waals surface area contributed by atoms with E-state index in [0.29, 0.717) is 22.5 Å². The van der Waals surface area contributed by atoms with Crippen molar-refractivity contribution in [3.63, 3.8) is 0 Å². The smallest absolute Gasteiger partial charge is 0.350 e. The van der Waals surface area contributed by atoms with Gasteiger partial charge in [-0.3, -0.25) is 4.79 Å². The molecule has 1 heterocycles. The summed E-state index contributed by atoms with van der Waals surface area (Å²) in [4.78, 5) is 24.0. The van der Waals surface area contributed by atoms with Gasteiger partial charge in [-0.2, -0.15) is 0 Å². The summed E-state index contributed by atoms with van der Waals surface area (Å²) >= 11 is 13.3. The summed E-state index contributed by atoms with van der Waals surface area (Å²) in [6, 6.07) is 5.20. The van der Waals surface area contributed by atoms with Crippen LogP contribution < -0.4 is 5.32 Å². The van der Waals surface area contributed by atoms with Crippen molar-refractivity contribution in [1.82, 2.24) is 5.32 Å². The van der Waals surface area contributed by atoms with E-state index >= 15 is 0 Å². The molecule has 124 valence electrons. The zero-order valence-corrected chi connectivity index (χ0v) is 15.1. The van der Waals surface area contributed by atoms with Gasteiger partial charge in [0.05, 0.1) is 5.02 Å². The minimum absolute atomic E-state index is 0.277. The first-order valence-corrected chi connectivity index (χ1v) is 8.77. The monoisotopic (exact) mass is 373 g/mol. The van der Waals surface area contributed by atoms with E-state index in [2.05, 4.69) is 19.2 Å². The number of esters is 1. The van der Waals surface area contributed by atoms with Crippen molar-refractivity contribution in [3.8, 4) is 0 Å². The molecule has 23 heavy (non-hydrogen) atoms. The Kier molecular flexibility index (Phi) is 6.27. The van der Waals surface area contributed by atoms with Gasteiger partial charge >= 0.3 is 5.97 Å². The first kappa shape index (κ1) is 18.0. The molecule has 1 N–H and O–H groups in total. The third-order valence-corrected chi connectivity index (χ3v) is 5.03. The number of ether oxygens (including phenoxy) is 1. The molecule has 2 aromatic rings. The largest absolute Gasteiger partial charge is 0.451 e. The van der Waals surface area contributed by atoms with Crippen LogP contribution in [0.3, 0.4) is 0 Å². The molecule has 0 atom stereocenters. The molecule has 0 saturated heterocycles. The Bertz CT molecular complexity index is 727. The van der Waals surface area contributed by atoms with Crippen molar-refractivity contribution >= 4 is 56.5 Å². The van der Waals surface area contributed by atoms with Crippen LogP contribution in [0.15, 0.2) is 18.2 Å². The highest BCUT2D eigenvalue weighted by Crippen LogP contribution is 2.37. The molecular formula is C16H17Cl2NO3S. The van der Waals surface area contributed by atoms with Crippen molar-refractivity contribution in [2.24, 2.45) is 5.92 Å². The van der Waals surface area contributed by atoms with Gasteiger partial charge in [-0.05, 0) is 24.5 Å². The van der Waals surface area contributed by atoms with Crippen molar-refractivity contribution in [3.05, 3.63) is 33.1 Å². The Morgan fingerprint density at radius 2 is 2.04 bits per heavy atom. The molecule has 7 heteroatoms. The van der Waals surface area contributed by atoms with Gasteiger partial charge < -0.3 is 10.1 Å². The quantitative estimate of drug-likeness (QED) is 0.756. The number of halogens is 2.